The van der Waals surface area contributed by atoms with E-state index >= 15 is 0 Å². The summed E-state index contributed by atoms with van der Waals surface area (Å²) in [6, 6.07) is 9.02. The molecule has 0 saturated heterocycles. The summed E-state index contributed by atoms with van der Waals surface area (Å²) in [5.74, 6) is 2.14. The number of hydrogen-bond acceptors (Lipinski definition) is 3. The molecule has 0 aromatic carbocycles. The minimum Gasteiger partial charge on any atom is -0.464 e. The van der Waals surface area contributed by atoms with Crippen molar-refractivity contribution in [1.29, 1.82) is 0 Å². The Balaban J connectivity index is 2.09. The van der Waals surface area contributed by atoms with Crippen LogP contribution in [0.3, 0.4) is 0 Å². The average Bonchev–Trinajstić information content (AvgIpc) is 3.12. The number of rotatable bonds is 8. The van der Waals surface area contributed by atoms with Crippen molar-refractivity contribution in [2.75, 3.05) is 6.54 Å². The van der Waals surface area contributed by atoms with Crippen molar-refractivity contribution in [3.8, 4) is 0 Å². The zero-order valence-electron chi connectivity index (χ0n) is 12.7. The van der Waals surface area contributed by atoms with Crippen molar-refractivity contribution in [1.82, 2.24) is 5.32 Å². The van der Waals surface area contributed by atoms with E-state index in [1.807, 2.05) is 11.3 Å². The standard InChI is InChI=1S/C17H25NOS/c1-4-11-18-16(17-10-7-13(5-2)19-17)12-15-9-8-14(6-3)20-15/h7-10,16,18H,4-6,11-12H2,1-3H3. The lowest BCUT2D eigenvalue weighted by molar-refractivity contribution is 0.393. The predicted octanol–water partition coefficient (Wildman–Crippen LogP) is 4.75. The topological polar surface area (TPSA) is 25.2 Å². The Bertz CT molecular complexity index is 515. The van der Waals surface area contributed by atoms with Crippen LogP contribution in [0, 0.1) is 0 Å². The van der Waals surface area contributed by atoms with Crippen molar-refractivity contribution in [3.63, 3.8) is 0 Å². The van der Waals surface area contributed by atoms with E-state index < -0.39 is 0 Å². The molecule has 0 aliphatic rings. The van der Waals surface area contributed by atoms with Crippen LogP contribution in [0.15, 0.2) is 28.7 Å². The van der Waals surface area contributed by atoms with Crippen LogP contribution in [-0.4, -0.2) is 6.54 Å². The average molecular weight is 291 g/mol. The second kappa shape index (κ2) is 7.65. The highest BCUT2D eigenvalue weighted by Gasteiger charge is 2.16. The minimum atomic E-state index is 0.290. The van der Waals surface area contributed by atoms with E-state index in [-0.39, 0.29) is 0 Å². The molecule has 0 amide bonds. The van der Waals surface area contributed by atoms with Crippen LogP contribution in [-0.2, 0) is 19.3 Å². The van der Waals surface area contributed by atoms with Gasteiger partial charge in [-0.1, -0.05) is 20.8 Å². The molecule has 0 fully saturated rings. The third-order valence-electron chi connectivity index (χ3n) is 3.49. The van der Waals surface area contributed by atoms with Crippen molar-refractivity contribution >= 4 is 11.3 Å². The minimum absolute atomic E-state index is 0.290. The van der Waals surface area contributed by atoms with Crippen LogP contribution in [0.4, 0.5) is 0 Å². The first-order valence-electron chi connectivity index (χ1n) is 7.66. The van der Waals surface area contributed by atoms with E-state index in [2.05, 4.69) is 50.4 Å². The first kappa shape index (κ1) is 15.3. The van der Waals surface area contributed by atoms with Gasteiger partial charge in [0.25, 0.3) is 0 Å². The largest absolute Gasteiger partial charge is 0.464 e. The second-order valence-corrected chi connectivity index (χ2v) is 6.34. The van der Waals surface area contributed by atoms with E-state index in [4.69, 9.17) is 4.42 Å². The van der Waals surface area contributed by atoms with Gasteiger partial charge in [0.1, 0.15) is 11.5 Å². The second-order valence-electron chi connectivity index (χ2n) is 5.09. The molecule has 1 atom stereocenters. The molecule has 0 aliphatic heterocycles. The molecule has 2 rings (SSSR count). The lowest BCUT2D eigenvalue weighted by Crippen LogP contribution is -2.23. The molecule has 2 nitrogen and oxygen atoms in total. The number of aryl methyl sites for hydroxylation is 2. The Morgan fingerprint density at radius 3 is 2.45 bits per heavy atom. The van der Waals surface area contributed by atoms with Crippen molar-refractivity contribution < 1.29 is 4.42 Å². The Morgan fingerprint density at radius 1 is 1.05 bits per heavy atom. The van der Waals surface area contributed by atoms with Gasteiger partial charge in [0, 0.05) is 22.6 Å². The molecule has 20 heavy (non-hydrogen) atoms. The van der Waals surface area contributed by atoms with Gasteiger partial charge in [0.15, 0.2) is 0 Å². The van der Waals surface area contributed by atoms with Crippen molar-refractivity contribution in [2.24, 2.45) is 0 Å². The molecule has 110 valence electrons. The number of nitrogens with one attached hydrogen (secondary N) is 1. The third-order valence-corrected chi connectivity index (χ3v) is 4.74. The number of thiophene rings is 1. The highest BCUT2D eigenvalue weighted by Crippen LogP contribution is 2.25. The van der Waals surface area contributed by atoms with Gasteiger partial charge in [-0.05, 0) is 43.7 Å². The molecule has 1 unspecified atom stereocenters. The van der Waals surface area contributed by atoms with E-state index in [9.17, 15) is 0 Å². The lowest BCUT2D eigenvalue weighted by Gasteiger charge is -2.15. The Kier molecular flexibility index (Phi) is 5.86. The van der Waals surface area contributed by atoms with Crippen molar-refractivity contribution in [2.45, 2.75) is 52.5 Å². The molecule has 0 saturated carbocycles. The summed E-state index contributed by atoms with van der Waals surface area (Å²) in [6.07, 6.45) is 4.24. The zero-order valence-corrected chi connectivity index (χ0v) is 13.6. The first-order valence-corrected chi connectivity index (χ1v) is 8.48. The van der Waals surface area contributed by atoms with E-state index in [0.29, 0.717) is 6.04 Å². The Hall–Kier alpha value is -1.06. The van der Waals surface area contributed by atoms with Gasteiger partial charge in [-0.2, -0.15) is 0 Å². The molecule has 0 aliphatic carbocycles. The molecule has 2 aromatic rings. The van der Waals surface area contributed by atoms with Crippen LogP contribution in [0.25, 0.3) is 0 Å². The van der Waals surface area contributed by atoms with E-state index in [1.165, 1.54) is 9.75 Å². The monoisotopic (exact) mass is 291 g/mol. The number of furan rings is 1. The highest BCUT2D eigenvalue weighted by molar-refractivity contribution is 7.11. The summed E-state index contributed by atoms with van der Waals surface area (Å²) in [5.41, 5.74) is 0. The smallest absolute Gasteiger partial charge is 0.121 e. The first-order chi connectivity index (χ1) is 9.76. The van der Waals surface area contributed by atoms with Gasteiger partial charge >= 0.3 is 0 Å². The lowest BCUT2D eigenvalue weighted by atomic mass is 10.1. The summed E-state index contributed by atoms with van der Waals surface area (Å²) < 4.78 is 5.94. The Labute approximate surface area is 126 Å². The maximum Gasteiger partial charge on any atom is 0.121 e. The molecular weight excluding hydrogens is 266 g/mol. The molecular formula is C17H25NOS. The molecule has 0 spiro atoms. The fourth-order valence-electron chi connectivity index (χ4n) is 2.29. The molecule has 1 N–H and O–H groups in total. The fraction of sp³-hybridized carbons (Fsp3) is 0.529. The number of hydrogen-bond donors (Lipinski definition) is 1. The van der Waals surface area contributed by atoms with Crippen molar-refractivity contribution in [3.05, 3.63) is 45.5 Å². The SMILES string of the molecule is CCCNC(Cc1ccc(CC)s1)c1ccc(CC)o1. The highest BCUT2D eigenvalue weighted by atomic mass is 32.1. The van der Waals surface area contributed by atoms with E-state index in [0.717, 1.165) is 43.7 Å². The van der Waals surface area contributed by atoms with Crippen LogP contribution in [0.2, 0.25) is 0 Å². The fourth-order valence-corrected chi connectivity index (χ4v) is 3.29. The molecule has 0 radical (unpaired) electrons. The Morgan fingerprint density at radius 2 is 1.85 bits per heavy atom. The normalized spacial score (nSPS) is 12.8. The van der Waals surface area contributed by atoms with Crippen LogP contribution >= 0.6 is 11.3 Å². The third kappa shape index (κ3) is 3.97. The molecule has 3 heteroatoms. The maximum absolute atomic E-state index is 5.94. The van der Waals surface area contributed by atoms with E-state index in [1.54, 1.807) is 0 Å². The van der Waals surface area contributed by atoms with Gasteiger partial charge in [-0.25, -0.2) is 0 Å². The molecule has 0 bridgehead atoms. The quantitative estimate of drug-likeness (QED) is 0.759. The maximum atomic E-state index is 5.94. The van der Waals surface area contributed by atoms with Gasteiger partial charge in [-0.15, -0.1) is 11.3 Å². The summed E-state index contributed by atoms with van der Waals surface area (Å²) in [4.78, 5) is 2.90. The van der Waals surface area contributed by atoms with Crippen LogP contribution < -0.4 is 5.32 Å². The van der Waals surface area contributed by atoms with Gasteiger partial charge in [-0.3, -0.25) is 0 Å². The summed E-state index contributed by atoms with van der Waals surface area (Å²) in [5, 5.41) is 3.61. The zero-order chi connectivity index (χ0) is 14.4. The predicted molar refractivity (Wildman–Crippen MR) is 86.5 cm³/mol. The van der Waals surface area contributed by atoms with Gasteiger partial charge in [0.05, 0.1) is 6.04 Å². The molecule has 2 heterocycles. The summed E-state index contributed by atoms with van der Waals surface area (Å²) in [6.45, 7) is 7.56. The van der Waals surface area contributed by atoms with Gasteiger partial charge < -0.3 is 9.73 Å². The summed E-state index contributed by atoms with van der Waals surface area (Å²) >= 11 is 1.92. The van der Waals surface area contributed by atoms with Crippen LogP contribution in [0.5, 0.6) is 0 Å². The molecule has 2 aromatic heterocycles. The van der Waals surface area contributed by atoms with Gasteiger partial charge in [0.2, 0.25) is 0 Å². The van der Waals surface area contributed by atoms with Crippen LogP contribution in [0.1, 0.15) is 54.5 Å². The summed E-state index contributed by atoms with van der Waals surface area (Å²) in [7, 11) is 0.